The third-order valence-corrected chi connectivity index (χ3v) is 5.20. The lowest BCUT2D eigenvalue weighted by Gasteiger charge is -2.06. The van der Waals surface area contributed by atoms with E-state index >= 15 is 0 Å². The molecular formula is C11H11FN2OS3. The van der Waals surface area contributed by atoms with E-state index in [1.165, 1.54) is 40.9 Å². The highest BCUT2D eigenvalue weighted by atomic mass is 32.2. The number of rotatable bonds is 4. The van der Waals surface area contributed by atoms with Gasteiger partial charge in [-0.05, 0) is 30.9 Å². The van der Waals surface area contributed by atoms with Gasteiger partial charge in [0.25, 0.3) is 0 Å². The molecule has 0 fully saturated rings. The minimum atomic E-state index is -0.664. The van der Waals surface area contributed by atoms with Crippen LogP contribution in [-0.2, 0) is 0 Å². The topological polar surface area (TPSA) is 46.0 Å². The maximum absolute atomic E-state index is 13.8. The zero-order chi connectivity index (χ0) is 13.1. The summed E-state index contributed by atoms with van der Waals surface area (Å²) in [5.41, 5.74) is 0.568. The first-order chi connectivity index (χ1) is 8.60. The molecule has 0 aliphatic carbocycles. The molecule has 0 saturated carbocycles. The molecule has 0 unspecified atom stereocenters. The van der Waals surface area contributed by atoms with Gasteiger partial charge in [0.2, 0.25) is 0 Å². The predicted molar refractivity (Wildman–Crippen MR) is 72.8 cm³/mol. The van der Waals surface area contributed by atoms with Crippen molar-refractivity contribution in [3.05, 3.63) is 29.6 Å². The molecule has 0 aliphatic rings. The van der Waals surface area contributed by atoms with Gasteiger partial charge in [-0.3, -0.25) is 0 Å². The van der Waals surface area contributed by atoms with Crippen molar-refractivity contribution in [3.8, 4) is 0 Å². The number of aromatic nitrogens is 2. The van der Waals surface area contributed by atoms with Crippen molar-refractivity contribution >= 4 is 34.9 Å². The average molecular weight is 302 g/mol. The molecule has 2 aromatic rings. The molecular weight excluding hydrogens is 291 g/mol. The summed E-state index contributed by atoms with van der Waals surface area (Å²) in [6.07, 6.45) is 1.26. The van der Waals surface area contributed by atoms with E-state index in [-0.39, 0.29) is 5.82 Å². The van der Waals surface area contributed by atoms with E-state index < -0.39 is 6.10 Å². The Bertz CT molecular complexity index is 545. The SMILES string of the molecule is CSc1nnc(Sc2ccc([C@H](C)O)cc2F)s1. The lowest BCUT2D eigenvalue weighted by Crippen LogP contribution is -1.92. The van der Waals surface area contributed by atoms with Crippen molar-refractivity contribution in [2.75, 3.05) is 6.26 Å². The number of thioether (sulfide) groups is 1. The molecule has 0 spiro atoms. The number of halogens is 1. The van der Waals surface area contributed by atoms with Gasteiger partial charge in [0.1, 0.15) is 5.82 Å². The first-order valence-corrected chi connectivity index (χ1v) is 7.99. The highest BCUT2D eigenvalue weighted by Gasteiger charge is 2.11. The Labute approximate surface area is 117 Å². The van der Waals surface area contributed by atoms with Gasteiger partial charge in [-0.15, -0.1) is 10.2 Å². The molecule has 1 aromatic carbocycles. The van der Waals surface area contributed by atoms with Gasteiger partial charge < -0.3 is 5.11 Å². The molecule has 1 heterocycles. The van der Waals surface area contributed by atoms with E-state index in [0.29, 0.717) is 14.8 Å². The predicted octanol–water partition coefficient (Wildman–Crippen LogP) is 3.60. The molecule has 0 saturated heterocycles. The fourth-order valence-corrected chi connectivity index (χ4v) is 3.67. The van der Waals surface area contributed by atoms with Crippen LogP contribution in [0, 0.1) is 5.82 Å². The minimum absolute atomic E-state index is 0.348. The van der Waals surface area contributed by atoms with E-state index in [9.17, 15) is 9.50 Å². The van der Waals surface area contributed by atoms with Crippen LogP contribution in [0.1, 0.15) is 18.6 Å². The van der Waals surface area contributed by atoms with Crippen LogP contribution in [0.15, 0.2) is 31.8 Å². The number of benzene rings is 1. The minimum Gasteiger partial charge on any atom is -0.389 e. The lowest BCUT2D eigenvalue weighted by atomic mass is 10.1. The van der Waals surface area contributed by atoms with Crippen LogP contribution in [0.5, 0.6) is 0 Å². The molecule has 0 aliphatic heterocycles. The Kier molecular flexibility index (Phi) is 4.60. The Balaban J connectivity index is 2.19. The zero-order valence-electron chi connectivity index (χ0n) is 9.75. The molecule has 1 aromatic heterocycles. The molecule has 0 amide bonds. The van der Waals surface area contributed by atoms with E-state index in [2.05, 4.69) is 10.2 Å². The van der Waals surface area contributed by atoms with Gasteiger partial charge in [-0.25, -0.2) is 4.39 Å². The number of aliphatic hydroxyl groups excluding tert-OH is 1. The van der Waals surface area contributed by atoms with Gasteiger partial charge in [0, 0.05) is 0 Å². The van der Waals surface area contributed by atoms with Crippen LogP contribution in [-0.4, -0.2) is 21.6 Å². The normalized spacial score (nSPS) is 12.7. The van der Waals surface area contributed by atoms with Crippen LogP contribution in [0.3, 0.4) is 0 Å². The Morgan fingerprint density at radius 1 is 1.33 bits per heavy atom. The van der Waals surface area contributed by atoms with Gasteiger partial charge in [0.05, 0.1) is 11.0 Å². The highest BCUT2D eigenvalue weighted by Crippen LogP contribution is 2.34. The number of aliphatic hydroxyl groups is 1. The van der Waals surface area contributed by atoms with Crippen molar-refractivity contribution in [1.29, 1.82) is 0 Å². The van der Waals surface area contributed by atoms with Crippen molar-refractivity contribution in [1.82, 2.24) is 10.2 Å². The third kappa shape index (κ3) is 3.23. The average Bonchev–Trinajstić information content (AvgIpc) is 2.79. The lowest BCUT2D eigenvalue weighted by molar-refractivity contribution is 0.198. The van der Waals surface area contributed by atoms with Crippen molar-refractivity contribution in [2.24, 2.45) is 0 Å². The van der Waals surface area contributed by atoms with Crippen molar-refractivity contribution in [3.63, 3.8) is 0 Å². The second-order valence-corrected chi connectivity index (χ2v) is 6.83. The summed E-state index contributed by atoms with van der Waals surface area (Å²) in [7, 11) is 0. The Morgan fingerprint density at radius 3 is 2.61 bits per heavy atom. The van der Waals surface area contributed by atoms with Crippen molar-refractivity contribution < 1.29 is 9.50 Å². The Hall–Kier alpha value is -0.630. The molecule has 1 N–H and O–H groups in total. The van der Waals surface area contributed by atoms with Gasteiger partial charge in [-0.2, -0.15) is 0 Å². The van der Waals surface area contributed by atoms with Crippen LogP contribution < -0.4 is 0 Å². The molecule has 3 nitrogen and oxygen atoms in total. The maximum atomic E-state index is 13.8. The number of nitrogens with zero attached hydrogens (tertiary/aromatic N) is 2. The second kappa shape index (κ2) is 6.01. The summed E-state index contributed by atoms with van der Waals surface area (Å²) in [5, 5.41) is 17.3. The largest absolute Gasteiger partial charge is 0.389 e. The van der Waals surface area contributed by atoms with Gasteiger partial charge >= 0.3 is 0 Å². The van der Waals surface area contributed by atoms with Gasteiger partial charge in [-0.1, -0.05) is 40.9 Å². The molecule has 1 atom stereocenters. The molecule has 0 radical (unpaired) electrons. The first-order valence-electron chi connectivity index (χ1n) is 5.13. The van der Waals surface area contributed by atoms with Crippen molar-refractivity contribution in [2.45, 2.75) is 26.6 Å². The summed E-state index contributed by atoms with van der Waals surface area (Å²) in [5.74, 6) is -0.348. The fourth-order valence-electron chi connectivity index (χ4n) is 1.27. The van der Waals surface area contributed by atoms with Crippen LogP contribution in [0.4, 0.5) is 4.39 Å². The molecule has 7 heteroatoms. The van der Waals surface area contributed by atoms with E-state index in [4.69, 9.17) is 0 Å². The molecule has 96 valence electrons. The summed E-state index contributed by atoms with van der Waals surface area (Å²) in [6, 6.07) is 4.72. The molecule has 0 bridgehead atoms. The number of hydrogen-bond acceptors (Lipinski definition) is 6. The molecule has 2 rings (SSSR count). The van der Waals surface area contributed by atoms with E-state index in [0.717, 1.165) is 4.34 Å². The molecule has 18 heavy (non-hydrogen) atoms. The fraction of sp³-hybridized carbons (Fsp3) is 0.273. The van der Waals surface area contributed by atoms with Crippen LogP contribution in [0.25, 0.3) is 0 Å². The summed E-state index contributed by atoms with van der Waals surface area (Å²) in [6.45, 7) is 1.61. The Morgan fingerprint density at radius 2 is 2.06 bits per heavy atom. The first kappa shape index (κ1) is 13.8. The number of hydrogen-bond donors (Lipinski definition) is 1. The summed E-state index contributed by atoms with van der Waals surface area (Å²) >= 11 is 4.20. The van der Waals surface area contributed by atoms with E-state index in [1.807, 2.05) is 6.26 Å². The smallest absolute Gasteiger partial charge is 0.179 e. The quantitative estimate of drug-likeness (QED) is 0.874. The van der Waals surface area contributed by atoms with E-state index in [1.54, 1.807) is 19.1 Å². The maximum Gasteiger partial charge on any atom is 0.179 e. The zero-order valence-corrected chi connectivity index (χ0v) is 12.2. The van der Waals surface area contributed by atoms with Crippen LogP contribution in [0.2, 0.25) is 0 Å². The monoisotopic (exact) mass is 302 g/mol. The standard InChI is InChI=1S/C11H11FN2OS3/c1-6(15)7-3-4-9(8(12)5-7)17-11-14-13-10(16-2)18-11/h3-6,15H,1-2H3/t6-/m0/s1. The van der Waals surface area contributed by atoms with Gasteiger partial charge in [0.15, 0.2) is 8.68 Å². The second-order valence-electron chi connectivity index (χ2n) is 3.51. The summed E-state index contributed by atoms with van der Waals surface area (Å²) in [4.78, 5) is 0.489. The van der Waals surface area contributed by atoms with Crippen LogP contribution >= 0.6 is 34.9 Å². The summed E-state index contributed by atoms with van der Waals surface area (Å²) < 4.78 is 15.4. The highest BCUT2D eigenvalue weighted by molar-refractivity contribution is 8.03. The third-order valence-electron chi connectivity index (χ3n) is 2.20.